The van der Waals surface area contributed by atoms with Gasteiger partial charge in [0, 0.05) is 31.6 Å². The highest BCUT2D eigenvalue weighted by molar-refractivity contribution is 5.94. The summed E-state index contributed by atoms with van der Waals surface area (Å²) in [7, 11) is 0. The molecule has 2 rings (SSSR count). The molecule has 0 saturated heterocycles. The molecule has 0 aromatic heterocycles. The van der Waals surface area contributed by atoms with E-state index in [-0.39, 0.29) is 17.9 Å². The van der Waals surface area contributed by atoms with Crippen LogP contribution >= 0.6 is 0 Å². The second-order valence-corrected chi connectivity index (χ2v) is 6.74. The molecule has 0 radical (unpaired) electrons. The zero-order valence-corrected chi connectivity index (χ0v) is 15.6. The van der Waals surface area contributed by atoms with Gasteiger partial charge in [0.2, 0.25) is 5.91 Å². The SMILES string of the molecule is CC(=O)NCc1ccc(C(=O)NCC(N)c2ccc(C(C)C)cc2)cc1. The summed E-state index contributed by atoms with van der Waals surface area (Å²) in [6, 6.07) is 15.1. The van der Waals surface area contributed by atoms with E-state index in [2.05, 4.69) is 36.6 Å². The Labute approximate surface area is 155 Å². The fourth-order valence-corrected chi connectivity index (χ4v) is 2.55. The molecule has 26 heavy (non-hydrogen) atoms. The first-order chi connectivity index (χ1) is 12.4. The van der Waals surface area contributed by atoms with Crippen molar-refractivity contribution in [3.05, 3.63) is 70.8 Å². The molecule has 2 aromatic carbocycles. The van der Waals surface area contributed by atoms with E-state index in [1.165, 1.54) is 12.5 Å². The number of amides is 2. The lowest BCUT2D eigenvalue weighted by molar-refractivity contribution is -0.119. The van der Waals surface area contributed by atoms with Crippen LogP contribution in [0, 0.1) is 0 Å². The average molecular weight is 353 g/mol. The lowest BCUT2D eigenvalue weighted by Gasteiger charge is -2.15. The van der Waals surface area contributed by atoms with Gasteiger partial charge in [-0.25, -0.2) is 0 Å². The van der Waals surface area contributed by atoms with Gasteiger partial charge in [0.05, 0.1) is 0 Å². The molecule has 0 fully saturated rings. The van der Waals surface area contributed by atoms with E-state index >= 15 is 0 Å². The number of benzene rings is 2. The first kappa shape index (κ1) is 19.7. The van der Waals surface area contributed by atoms with E-state index in [0.717, 1.165) is 11.1 Å². The minimum absolute atomic E-state index is 0.0813. The van der Waals surface area contributed by atoms with Gasteiger partial charge < -0.3 is 16.4 Å². The van der Waals surface area contributed by atoms with Gasteiger partial charge in [-0.2, -0.15) is 0 Å². The van der Waals surface area contributed by atoms with Crippen LogP contribution in [0.15, 0.2) is 48.5 Å². The van der Waals surface area contributed by atoms with Crippen LogP contribution in [0.1, 0.15) is 59.8 Å². The summed E-state index contributed by atoms with van der Waals surface area (Å²) in [4.78, 5) is 23.2. The predicted molar refractivity (Wildman–Crippen MR) is 104 cm³/mol. The van der Waals surface area contributed by atoms with E-state index < -0.39 is 0 Å². The van der Waals surface area contributed by atoms with Crippen molar-refractivity contribution in [2.45, 2.75) is 39.3 Å². The summed E-state index contributed by atoms with van der Waals surface area (Å²) in [5.74, 6) is 0.237. The Morgan fingerprint density at radius 1 is 0.923 bits per heavy atom. The molecule has 0 saturated carbocycles. The van der Waals surface area contributed by atoms with Crippen molar-refractivity contribution >= 4 is 11.8 Å². The van der Waals surface area contributed by atoms with Crippen molar-refractivity contribution in [1.82, 2.24) is 10.6 Å². The zero-order valence-electron chi connectivity index (χ0n) is 15.6. The van der Waals surface area contributed by atoms with Crippen LogP contribution in [0.5, 0.6) is 0 Å². The quantitative estimate of drug-likeness (QED) is 0.715. The predicted octanol–water partition coefficient (Wildman–Crippen LogP) is 2.88. The fraction of sp³-hybridized carbons (Fsp3) is 0.333. The first-order valence-electron chi connectivity index (χ1n) is 8.84. The number of carbonyl (C=O) groups excluding carboxylic acids is 2. The summed E-state index contributed by atoms with van der Waals surface area (Å²) in [5.41, 5.74) is 9.96. The van der Waals surface area contributed by atoms with Crippen molar-refractivity contribution in [2.75, 3.05) is 6.54 Å². The maximum absolute atomic E-state index is 12.3. The van der Waals surface area contributed by atoms with E-state index in [1.807, 2.05) is 24.3 Å². The fourth-order valence-electron chi connectivity index (χ4n) is 2.55. The first-order valence-corrected chi connectivity index (χ1v) is 8.84. The largest absolute Gasteiger partial charge is 0.352 e. The average Bonchev–Trinajstić information content (AvgIpc) is 2.64. The Bertz CT molecular complexity index is 737. The normalized spacial score (nSPS) is 11.9. The Kier molecular flexibility index (Phi) is 6.92. The molecular formula is C21H27N3O2. The molecule has 1 atom stereocenters. The van der Waals surface area contributed by atoms with Gasteiger partial charge in [-0.05, 0) is 34.7 Å². The van der Waals surface area contributed by atoms with Crippen molar-refractivity contribution in [2.24, 2.45) is 5.73 Å². The molecule has 0 heterocycles. The lowest BCUT2D eigenvalue weighted by Crippen LogP contribution is -2.31. The van der Waals surface area contributed by atoms with Gasteiger partial charge in [-0.3, -0.25) is 9.59 Å². The molecule has 0 spiro atoms. The standard InChI is InChI=1S/C21H27N3O2/c1-14(2)17-8-10-18(11-9-17)20(22)13-24-21(26)19-6-4-16(5-7-19)12-23-15(3)25/h4-11,14,20H,12-13,22H2,1-3H3,(H,23,25)(H,24,26). The van der Waals surface area contributed by atoms with Crippen LogP contribution in [0.3, 0.4) is 0 Å². The Hall–Kier alpha value is -2.66. The highest BCUT2D eigenvalue weighted by Gasteiger charge is 2.10. The molecule has 5 nitrogen and oxygen atoms in total. The molecule has 0 aliphatic rings. The molecule has 0 bridgehead atoms. The van der Waals surface area contributed by atoms with Crippen LogP contribution < -0.4 is 16.4 Å². The Morgan fingerprint density at radius 2 is 1.50 bits per heavy atom. The number of nitrogens with two attached hydrogens (primary N) is 1. The smallest absolute Gasteiger partial charge is 0.251 e. The zero-order chi connectivity index (χ0) is 19.1. The molecule has 2 aromatic rings. The van der Waals surface area contributed by atoms with Gasteiger partial charge in [-0.15, -0.1) is 0 Å². The third-order valence-electron chi connectivity index (χ3n) is 4.27. The van der Waals surface area contributed by atoms with Gasteiger partial charge >= 0.3 is 0 Å². The third-order valence-corrected chi connectivity index (χ3v) is 4.27. The maximum Gasteiger partial charge on any atom is 0.251 e. The monoisotopic (exact) mass is 353 g/mol. The van der Waals surface area contributed by atoms with Gasteiger partial charge in [0.1, 0.15) is 0 Å². The molecule has 1 unspecified atom stereocenters. The van der Waals surface area contributed by atoms with Crippen molar-refractivity contribution in [3.8, 4) is 0 Å². The van der Waals surface area contributed by atoms with Crippen LogP contribution in [0.25, 0.3) is 0 Å². The van der Waals surface area contributed by atoms with E-state index in [4.69, 9.17) is 5.73 Å². The summed E-state index contributed by atoms with van der Waals surface area (Å²) in [5, 5.41) is 5.59. The van der Waals surface area contributed by atoms with Crippen molar-refractivity contribution in [3.63, 3.8) is 0 Å². The highest BCUT2D eigenvalue weighted by atomic mass is 16.2. The van der Waals surface area contributed by atoms with Crippen molar-refractivity contribution in [1.29, 1.82) is 0 Å². The Morgan fingerprint density at radius 3 is 2.04 bits per heavy atom. The molecule has 5 heteroatoms. The summed E-state index contributed by atoms with van der Waals surface area (Å²) in [6.07, 6.45) is 0. The second-order valence-electron chi connectivity index (χ2n) is 6.74. The lowest BCUT2D eigenvalue weighted by atomic mass is 9.99. The minimum atomic E-state index is -0.251. The molecular weight excluding hydrogens is 326 g/mol. The molecule has 0 aliphatic carbocycles. The second kappa shape index (κ2) is 9.15. The number of nitrogens with one attached hydrogen (secondary N) is 2. The van der Waals surface area contributed by atoms with Crippen molar-refractivity contribution < 1.29 is 9.59 Å². The number of carbonyl (C=O) groups is 2. The van der Waals surface area contributed by atoms with Crippen LogP contribution in [-0.2, 0) is 11.3 Å². The Balaban J connectivity index is 1.88. The van der Waals surface area contributed by atoms with Crippen LogP contribution in [0.4, 0.5) is 0 Å². The molecule has 4 N–H and O–H groups in total. The number of hydrogen-bond donors (Lipinski definition) is 3. The van der Waals surface area contributed by atoms with E-state index in [0.29, 0.717) is 24.6 Å². The number of hydrogen-bond acceptors (Lipinski definition) is 3. The topological polar surface area (TPSA) is 84.2 Å². The molecule has 2 amide bonds. The van der Waals surface area contributed by atoms with Gasteiger partial charge in [0.15, 0.2) is 0 Å². The third kappa shape index (κ3) is 5.70. The summed E-state index contributed by atoms with van der Waals surface area (Å²) < 4.78 is 0. The van der Waals surface area contributed by atoms with Gasteiger partial charge in [-0.1, -0.05) is 50.2 Å². The number of rotatable bonds is 7. The maximum atomic E-state index is 12.3. The highest BCUT2D eigenvalue weighted by Crippen LogP contribution is 2.17. The molecule has 0 aliphatic heterocycles. The van der Waals surface area contributed by atoms with Crippen LogP contribution in [-0.4, -0.2) is 18.4 Å². The van der Waals surface area contributed by atoms with E-state index in [1.54, 1.807) is 12.1 Å². The van der Waals surface area contributed by atoms with E-state index in [9.17, 15) is 9.59 Å². The summed E-state index contributed by atoms with van der Waals surface area (Å²) in [6.45, 7) is 6.59. The summed E-state index contributed by atoms with van der Waals surface area (Å²) >= 11 is 0. The minimum Gasteiger partial charge on any atom is -0.352 e. The van der Waals surface area contributed by atoms with Gasteiger partial charge in [0.25, 0.3) is 5.91 Å². The van der Waals surface area contributed by atoms with Crippen LogP contribution in [0.2, 0.25) is 0 Å². The molecule has 138 valence electrons.